The first kappa shape index (κ1) is 22.0. The van der Waals surface area contributed by atoms with Crippen molar-refractivity contribution in [3.8, 4) is 5.75 Å². The predicted molar refractivity (Wildman–Crippen MR) is 127 cm³/mol. The molecule has 0 spiro atoms. The molecule has 7 nitrogen and oxygen atoms in total. The number of hydrogen-bond acceptors (Lipinski definition) is 5. The highest BCUT2D eigenvalue weighted by atomic mass is 35.5. The van der Waals surface area contributed by atoms with Crippen LogP contribution in [-0.4, -0.2) is 47.1 Å². The van der Waals surface area contributed by atoms with Gasteiger partial charge in [-0.05, 0) is 81.8 Å². The number of carbonyl (C=O) groups is 2. The number of hydrogen-bond donors (Lipinski definition) is 2. The van der Waals surface area contributed by atoms with Crippen LogP contribution < -0.4 is 20.3 Å². The van der Waals surface area contributed by atoms with E-state index in [2.05, 4.69) is 20.5 Å². The molecule has 1 aliphatic carbocycles. The number of pyridine rings is 1. The van der Waals surface area contributed by atoms with Crippen molar-refractivity contribution in [2.24, 2.45) is 0 Å². The fourth-order valence-electron chi connectivity index (χ4n) is 4.93. The lowest BCUT2D eigenvalue weighted by Gasteiger charge is -2.40. The fraction of sp³-hybridized carbons (Fsp3) is 0.480. The Morgan fingerprint density at radius 2 is 1.70 bits per heavy atom. The zero-order valence-corrected chi connectivity index (χ0v) is 19.4. The average molecular weight is 469 g/mol. The summed E-state index contributed by atoms with van der Waals surface area (Å²) in [6.45, 7) is 1.76. The standard InChI is InChI=1S/C25H29ClN4O3/c1-15(33-22-9-3-17(26)4-10-22)24(31)29-19-12-20-7-8-21(13-19)30(20)23-11-2-16(14-27-23)25(32)28-18-5-6-18/h2-4,9-11,14-15,18-21H,5-8,12-13H2,1H3,(H,28,32)(H,29,31). The van der Waals surface area contributed by atoms with E-state index in [-0.39, 0.29) is 17.9 Å². The minimum absolute atomic E-state index is 0.0455. The van der Waals surface area contributed by atoms with E-state index in [1.54, 1.807) is 37.4 Å². The van der Waals surface area contributed by atoms with Gasteiger partial charge in [0.05, 0.1) is 5.56 Å². The van der Waals surface area contributed by atoms with Crippen molar-refractivity contribution < 1.29 is 14.3 Å². The number of benzene rings is 1. The molecule has 33 heavy (non-hydrogen) atoms. The number of fused-ring (bicyclic) bond motifs is 2. The lowest BCUT2D eigenvalue weighted by molar-refractivity contribution is -0.128. The molecule has 2 saturated heterocycles. The Kier molecular flexibility index (Phi) is 6.15. The average Bonchev–Trinajstić information content (AvgIpc) is 3.58. The highest BCUT2D eigenvalue weighted by molar-refractivity contribution is 6.30. The van der Waals surface area contributed by atoms with E-state index >= 15 is 0 Å². The maximum atomic E-state index is 12.7. The number of carbonyl (C=O) groups excluding carboxylic acids is 2. The number of nitrogens with one attached hydrogen (secondary N) is 2. The predicted octanol–water partition coefficient (Wildman–Crippen LogP) is 3.71. The number of nitrogens with zero attached hydrogens (tertiary/aromatic N) is 2. The number of aromatic nitrogens is 1. The SMILES string of the molecule is CC(Oc1ccc(Cl)cc1)C(=O)NC1CC2CCC(C1)N2c1ccc(C(=O)NC2CC2)cn1. The third-order valence-corrected chi connectivity index (χ3v) is 7.01. The summed E-state index contributed by atoms with van der Waals surface area (Å²) >= 11 is 5.91. The number of piperidine rings is 1. The van der Waals surface area contributed by atoms with Gasteiger partial charge >= 0.3 is 0 Å². The number of amides is 2. The highest BCUT2D eigenvalue weighted by Gasteiger charge is 2.42. The summed E-state index contributed by atoms with van der Waals surface area (Å²) in [7, 11) is 0. The van der Waals surface area contributed by atoms with Crippen LogP contribution in [0.25, 0.3) is 0 Å². The van der Waals surface area contributed by atoms with Crippen LogP contribution >= 0.6 is 11.6 Å². The summed E-state index contributed by atoms with van der Waals surface area (Å²) in [4.78, 5) is 31.9. The normalized spacial score (nSPS) is 24.8. The molecule has 1 saturated carbocycles. The molecule has 2 aliphatic heterocycles. The smallest absolute Gasteiger partial charge is 0.260 e. The second-order valence-corrected chi connectivity index (χ2v) is 9.77. The highest BCUT2D eigenvalue weighted by Crippen LogP contribution is 2.38. The minimum Gasteiger partial charge on any atom is -0.481 e. The maximum absolute atomic E-state index is 12.7. The van der Waals surface area contributed by atoms with Crippen LogP contribution in [0.1, 0.15) is 55.8 Å². The van der Waals surface area contributed by atoms with Crippen molar-refractivity contribution in [1.82, 2.24) is 15.6 Å². The van der Waals surface area contributed by atoms with Crippen molar-refractivity contribution in [3.05, 3.63) is 53.2 Å². The van der Waals surface area contributed by atoms with E-state index in [1.165, 1.54) is 0 Å². The Morgan fingerprint density at radius 1 is 1.00 bits per heavy atom. The second-order valence-electron chi connectivity index (χ2n) is 9.34. The van der Waals surface area contributed by atoms with Gasteiger partial charge < -0.3 is 20.3 Å². The van der Waals surface area contributed by atoms with E-state index in [0.29, 0.717) is 34.5 Å². The first-order valence-electron chi connectivity index (χ1n) is 11.7. The number of ether oxygens (including phenoxy) is 1. The summed E-state index contributed by atoms with van der Waals surface area (Å²) in [5.74, 6) is 1.38. The summed E-state index contributed by atoms with van der Waals surface area (Å²) in [6, 6.07) is 12.0. The van der Waals surface area contributed by atoms with Gasteiger partial charge in [-0.2, -0.15) is 0 Å². The van der Waals surface area contributed by atoms with Gasteiger partial charge in [-0.1, -0.05) is 11.6 Å². The molecule has 2 bridgehead atoms. The van der Waals surface area contributed by atoms with Crippen LogP contribution in [-0.2, 0) is 4.79 Å². The van der Waals surface area contributed by atoms with E-state index < -0.39 is 6.10 Å². The second kappa shape index (κ2) is 9.21. The molecular weight excluding hydrogens is 440 g/mol. The van der Waals surface area contributed by atoms with Gasteiger partial charge in [-0.25, -0.2) is 4.98 Å². The number of rotatable bonds is 7. The minimum atomic E-state index is -0.585. The lowest BCUT2D eigenvalue weighted by atomic mass is 9.97. The molecule has 0 radical (unpaired) electrons. The Morgan fingerprint density at radius 3 is 2.30 bits per heavy atom. The maximum Gasteiger partial charge on any atom is 0.260 e. The van der Waals surface area contributed by atoms with Crippen molar-refractivity contribution in [1.29, 1.82) is 0 Å². The first-order chi connectivity index (χ1) is 16.0. The molecular formula is C25H29ClN4O3. The van der Waals surface area contributed by atoms with Crippen molar-refractivity contribution in [2.75, 3.05) is 4.90 Å². The topological polar surface area (TPSA) is 83.6 Å². The fourth-order valence-corrected chi connectivity index (χ4v) is 5.05. The van der Waals surface area contributed by atoms with Gasteiger partial charge in [0.1, 0.15) is 11.6 Å². The zero-order chi connectivity index (χ0) is 22.9. The van der Waals surface area contributed by atoms with Gasteiger partial charge in [0, 0.05) is 35.4 Å². The van der Waals surface area contributed by atoms with E-state index in [4.69, 9.17) is 16.3 Å². The van der Waals surface area contributed by atoms with Gasteiger partial charge in [-0.15, -0.1) is 0 Å². The first-order valence-corrected chi connectivity index (χ1v) is 12.1. The molecule has 2 N–H and O–H groups in total. The molecule has 174 valence electrons. The quantitative estimate of drug-likeness (QED) is 0.647. The summed E-state index contributed by atoms with van der Waals surface area (Å²) in [5, 5.41) is 6.81. The van der Waals surface area contributed by atoms with Gasteiger partial charge in [0.15, 0.2) is 6.10 Å². The van der Waals surface area contributed by atoms with Crippen molar-refractivity contribution >= 4 is 29.2 Å². The van der Waals surface area contributed by atoms with Gasteiger partial charge in [0.2, 0.25) is 0 Å². The van der Waals surface area contributed by atoms with Gasteiger partial charge in [-0.3, -0.25) is 9.59 Å². The van der Waals surface area contributed by atoms with Crippen molar-refractivity contribution in [2.45, 2.75) is 75.7 Å². The van der Waals surface area contributed by atoms with Crippen LogP contribution in [0.4, 0.5) is 5.82 Å². The monoisotopic (exact) mass is 468 g/mol. The summed E-state index contributed by atoms with van der Waals surface area (Å²) in [6.07, 6.45) is 7.15. The molecule has 2 amide bonds. The van der Waals surface area contributed by atoms with Gasteiger partial charge in [0.25, 0.3) is 11.8 Å². The van der Waals surface area contributed by atoms with E-state index in [9.17, 15) is 9.59 Å². The molecule has 1 aromatic heterocycles. The Labute approximate surface area is 198 Å². The van der Waals surface area contributed by atoms with E-state index in [0.717, 1.165) is 44.3 Å². The third kappa shape index (κ3) is 5.08. The van der Waals surface area contributed by atoms with Crippen LogP contribution in [0.15, 0.2) is 42.6 Å². The summed E-state index contributed by atoms with van der Waals surface area (Å²) in [5.41, 5.74) is 0.606. The molecule has 3 heterocycles. The Balaban J connectivity index is 1.16. The molecule has 3 aliphatic rings. The van der Waals surface area contributed by atoms with Crippen LogP contribution in [0, 0.1) is 0 Å². The Hall–Kier alpha value is -2.80. The molecule has 3 fully saturated rings. The third-order valence-electron chi connectivity index (χ3n) is 6.76. The molecule has 8 heteroatoms. The molecule has 2 aromatic rings. The lowest BCUT2D eigenvalue weighted by Crippen LogP contribution is -2.52. The zero-order valence-electron chi connectivity index (χ0n) is 18.7. The summed E-state index contributed by atoms with van der Waals surface area (Å²) < 4.78 is 5.77. The van der Waals surface area contributed by atoms with E-state index in [1.807, 2.05) is 12.1 Å². The molecule has 3 atom stereocenters. The number of anilines is 1. The molecule has 1 aromatic carbocycles. The number of halogens is 1. The molecule has 5 rings (SSSR count). The van der Waals surface area contributed by atoms with Crippen LogP contribution in [0.2, 0.25) is 5.02 Å². The van der Waals surface area contributed by atoms with Crippen molar-refractivity contribution in [3.63, 3.8) is 0 Å². The largest absolute Gasteiger partial charge is 0.481 e. The van der Waals surface area contributed by atoms with Crippen LogP contribution in [0.3, 0.4) is 0 Å². The van der Waals surface area contributed by atoms with Crippen LogP contribution in [0.5, 0.6) is 5.75 Å². The Bertz CT molecular complexity index is 995. The molecule has 3 unspecified atom stereocenters.